The average molecular weight is 244 g/mol. The minimum atomic E-state index is -0.875. The standard InChI is InChI=1S/C14H16N2O2/c1-8-6-4-5-7-11(8)12-10(3)15-13(16-12)9(2)14(17)18/h4-7,9H,1-3H3,(H,15,16)(H,17,18). The summed E-state index contributed by atoms with van der Waals surface area (Å²) >= 11 is 0. The Balaban J connectivity index is 2.48. The Morgan fingerprint density at radius 1 is 1.33 bits per heavy atom. The second kappa shape index (κ2) is 4.64. The molecule has 0 aliphatic rings. The molecule has 0 radical (unpaired) electrons. The lowest BCUT2D eigenvalue weighted by atomic mass is 10.1. The summed E-state index contributed by atoms with van der Waals surface area (Å²) in [6.45, 7) is 5.55. The third kappa shape index (κ3) is 2.14. The van der Waals surface area contributed by atoms with Crippen LogP contribution in [0.4, 0.5) is 0 Å². The SMILES string of the molecule is Cc1ccccc1-c1nc(C(C)C(=O)O)[nH]c1C. The molecule has 0 amide bonds. The summed E-state index contributed by atoms with van der Waals surface area (Å²) in [4.78, 5) is 18.4. The van der Waals surface area contributed by atoms with E-state index in [1.807, 2.05) is 38.1 Å². The van der Waals surface area contributed by atoms with Gasteiger partial charge in [-0.05, 0) is 26.3 Å². The minimum Gasteiger partial charge on any atom is -0.481 e. The van der Waals surface area contributed by atoms with Gasteiger partial charge in [0.2, 0.25) is 0 Å². The van der Waals surface area contributed by atoms with Crippen LogP contribution in [0.3, 0.4) is 0 Å². The lowest BCUT2D eigenvalue weighted by Crippen LogP contribution is -2.09. The first kappa shape index (κ1) is 12.4. The zero-order chi connectivity index (χ0) is 13.3. The van der Waals surface area contributed by atoms with E-state index in [0.717, 1.165) is 22.5 Å². The number of benzene rings is 1. The molecule has 0 spiro atoms. The van der Waals surface area contributed by atoms with E-state index in [4.69, 9.17) is 5.11 Å². The van der Waals surface area contributed by atoms with E-state index in [0.29, 0.717) is 5.82 Å². The van der Waals surface area contributed by atoms with Crippen LogP contribution in [-0.4, -0.2) is 21.0 Å². The van der Waals surface area contributed by atoms with Gasteiger partial charge >= 0.3 is 5.97 Å². The first-order chi connectivity index (χ1) is 8.50. The van der Waals surface area contributed by atoms with Gasteiger partial charge in [-0.3, -0.25) is 4.79 Å². The molecule has 1 unspecified atom stereocenters. The van der Waals surface area contributed by atoms with Crippen molar-refractivity contribution >= 4 is 5.97 Å². The number of aromatic nitrogens is 2. The van der Waals surface area contributed by atoms with Gasteiger partial charge in [-0.15, -0.1) is 0 Å². The quantitative estimate of drug-likeness (QED) is 0.872. The molecule has 0 saturated carbocycles. The summed E-state index contributed by atoms with van der Waals surface area (Å²) in [5.74, 6) is -1.00. The number of aliphatic carboxylic acids is 1. The summed E-state index contributed by atoms with van der Waals surface area (Å²) in [6.07, 6.45) is 0. The fraction of sp³-hybridized carbons (Fsp3) is 0.286. The fourth-order valence-corrected chi connectivity index (χ4v) is 1.91. The Bertz CT molecular complexity index is 587. The second-order valence-corrected chi connectivity index (χ2v) is 4.47. The Kier molecular flexibility index (Phi) is 3.19. The lowest BCUT2D eigenvalue weighted by molar-refractivity contribution is -0.138. The molecule has 1 atom stereocenters. The number of hydrogen-bond donors (Lipinski definition) is 2. The second-order valence-electron chi connectivity index (χ2n) is 4.47. The molecule has 0 bridgehead atoms. The predicted octanol–water partition coefficient (Wildman–Crippen LogP) is 2.88. The molecule has 2 aromatic rings. The van der Waals surface area contributed by atoms with Gasteiger partial charge in [-0.25, -0.2) is 4.98 Å². The zero-order valence-corrected chi connectivity index (χ0v) is 10.7. The van der Waals surface area contributed by atoms with E-state index in [-0.39, 0.29) is 0 Å². The third-order valence-electron chi connectivity index (χ3n) is 3.08. The van der Waals surface area contributed by atoms with Crippen LogP contribution in [-0.2, 0) is 4.79 Å². The van der Waals surface area contributed by atoms with Crippen LogP contribution < -0.4 is 0 Å². The van der Waals surface area contributed by atoms with Crippen molar-refractivity contribution in [1.82, 2.24) is 9.97 Å². The van der Waals surface area contributed by atoms with E-state index >= 15 is 0 Å². The number of rotatable bonds is 3. The molecule has 18 heavy (non-hydrogen) atoms. The highest BCUT2D eigenvalue weighted by molar-refractivity contribution is 5.75. The number of aromatic amines is 1. The summed E-state index contributed by atoms with van der Waals surface area (Å²) in [5.41, 5.74) is 3.89. The van der Waals surface area contributed by atoms with E-state index in [2.05, 4.69) is 9.97 Å². The molecule has 94 valence electrons. The molecule has 4 heteroatoms. The van der Waals surface area contributed by atoms with Crippen molar-refractivity contribution in [2.24, 2.45) is 0 Å². The van der Waals surface area contributed by atoms with Crippen molar-refractivity contribution in [3.8, 4) is 11.3 Å². The summed E-state index contributed by atoms with van der Waals surface area (Å²) < 4.78 is 0. The van der Waals surface area contributed by atoms with Gasteiger partial charge in [0.25, 0.3) is 0 Å². The van der Waals surface area contributed by atoms with E-state index in [1.54, 1.807) is 6.92 Å². The molecule has 1 heterocycles. The Hall–Kier alpha value is -2.10. The van der Waals surface area contributed by atoms with Crippen molar-refractivity contribution in [3.05, 3.63) is 41.3 Å². The number of carboxylic acid groups (broad SMARTS) is 1. The van der Waals surface area contributed by atoms with Gasteiger partial charge < -0.3 is 10.1 Å². The molecule has 2 N–H and O–H groups in total. The van der Waals surface area contributed by atoms with Crippen molar-refractivity contribution in [3.63, 3.8) is 0 Å². The third-order valence-corrected chi connectivity index (χ3v) is 3.08. The monoisotopic (exact) mass is 244 g/mol. The molecule has 2 rings (SSSR count). The van der Waals surface area contributed by atoms with Crippen LogP contribution >= 0.6 is 0 Å². The highest BCUT2D eigenvalue weighted by Crippen LogP contribution is 2.26. The van der Waals surface area contributed by atoms with Gasteiger partial charge in [0, 0.05) is 11.3 Å². The average Bonchev–Trinajstić information content (AvgIpc) is 2.71. The molecule has 0 fully saturated rings. The van der Waals surface area contributed by atoms with Gasteiger partial charge in [0.1, 0.15) is 11.7 Å². The summed E-state index contributed by atoms with van der Waals surface area (Å²) in [5, 5.41) is 9.00. The summed E-state index contributed by atoms with van der Waals surface area (Å²) in [6, 6.07) is 7.94. The number of carbonyl (C=O) groups is 1. The predicted molar refractivity (Wildman–Crippen MR) is 69.5 cm³/mol. The lowest BCUT2D eigenvalue weighted by Gasteiger charge is -2.03. The number of carboxylic acids is 1. The Morgan fingerprint density at radius 2 is 2.00 bits per heavy atom. The topological polar surface area (TPSA) is 66.0 Å². The number of hydrogen-bond acceptors (Lipinski definition) is 2. The van der Waals surface area contributed by atoms with Crippen molar-refractivity contribution < 1.29 is 9.90 Å². The number of H-pyrrole nitrogens is 1. The van der Waals surface area contributed by atoms with Crippen LogP contribution in [0.5, 0.6) is 0 Å². The molecule has 0 saturated heterocycles. The van der Waals surface area contributed by atoms with Gasteiger partial charge in [0.15, 0.2) is 0 Å². The Labute approximate surface area is 106 Å². The number of imidazole rings is 1. The Morgan fingerprint density at radius 3 is 2.61 bits per heavy atom. The summed E-state index contributed by atoms with van der Waals surface area (Å²) in [7, 11) is 0. The van der Waals surface area contributed by atoms with Gasteiger partial charge in [-0.2, -0.15) is 0 Å². The smallest absolute Gasteiger partial charge is 0.313 e. The number of nitrogens with one attached hydrogen (secondary N) is 1. The first-order valence-corrected chi connectivity index (χ1v) is 5.86. The van der Waals surface area contributed by atoms with Crippen LogP contribution in [0.25, 0.3) is 11.3 Å². The molecule has 1 aromatic heterocycles. The number of aryl methyl sites for hydroxylation is 2. The molecular formula is C14H16N2O2. The van der Waals surface area contributed by atoms with Crippen molar-refractivity contribution in [2.45, 2.75) is 26.7 Å². The maximum atomic E-state index is 11.0. The largest absolute Gasteiger partial charge is 0.481 e. The highest BCUT2D eigenvalue weighted by Gasteiger charge is 2.19. The minimum absolute atomic E-state index is 0.498. The van der Waals surface area contributed by atoms with Crippen LogP contribution in [0.1, 0.15) is 29.9 Å². The first-order valence-electron chi connectivity index (χ1n) is 5.86. The normalized spacial score (nSPS) is 12.4. The fourth-order valence-electron chi connectivity index (χ4n) is 1.91. The highest BCUT2D eigenvalue weighted by atomic mass is 16.4. The van der Waals surface area contributed by atoms with Crippen molar-refractivity contribution in [1.29, 1.82) is 0 Å². The zero-order valence-electron chi connectivity index (χ0n) is 10.7. The molecule has 0 aliphatic heterocycles. The molecule has 1 aromatic carbocycles. The van der Waals surface area contributed by atoms with Crippen LogP contribution in [0.15, 0.2) is 24.3 Å². The maximum absolute atomic E-state index is 11.0. The van der Waals surface area contributed by atoms with E-state index < -0.39 is 11.9 Å². The molecule has 0 aliphatic carbocycles. The van der Waals surface area contributed by atoms with Crippen molar-refractivity contribution in [2.75, 3.05) is 0 Å². The van der Waals surface area contributed by atoms with Crippen LogP contribution in [0.2, 0.25) is 0 Å². The van der Waals surface area contributed by atoms with E-state index in [1.165, 1.54) is 0 Å². The number of nitrogens with zero attached hydrogens (tertiary/aromatic N) is 1. The van der Waals surface area contributed by atoms with Crippen LogP contribution in [0, 0.1) is 13.8 Å². The van der Waals surface area contributed by atoms with Gasteiger partial charge in [-0.1, -0.05) is 24.3 Å². The van der Waals surface area contributed by atoms with E-state index in [9.17, 15) is 4.79 Å². The van der Waals surface area contributed by atoms with Gasteiger partial charge in [0.05, 0.1) is 5.69 Å². The molecular weight excluding hydrogens is 228 g/mol. The maximum Gasteiger partial charge on any atom is 0.313 e. The molecule has 4 nitrogen and oxygen atoms in total.